The van der Waals surface area contributed by atoms with Gasteiger partial charge in [0.1, 0.15) is 0 Å². The van der Waals surface area contributed by atoms with Crippen LogP contribution < -0.4 is 10.6 Å². The minimum Gasteiger partial charge on any atom is -0.462 e. The van der Waals surface area contributed by atoms with Crippen molar-refractivity contribution in [2.24, 2.45) is 0 Å². The fourth-order valence-corrected chi connectivity index (χ4v) is 2.35. The van der Waals surface area contributed by atoms with Gasteiger partial charge < -0.3 is 15.4 Å². The van der Waals surface area contributed by atoms with Crippen LogP contribution in [0.25, 0.3) is 0 Å². The second kappa shape index (κ2) is 8.66. The molecular formula is C18H19ClN2O2S. The molecule has 2 aromatic rings. The Morgan fingerprint density at radius 1 is 1.12 bits per heavy atom. The molecule has 0 aliphatic carbocycles. The standard InChI is InChI=1S/C18H19ClN2O2S/c1-3-10-23-17(22)13-5-8-14(9-6-13)20-18(24)21-15-7-4-12(2)16(19)11-15/h4-9,11H,3,10H2,1-2H3,(H2,20,21,24). The summed E-state index contributed by atoms with van der Waals surface area (Å²) in [5.74, 6) is -0.321. The molecule has 0 spiro atoms. The molecule has 0 saturated carbocycles. The predicted octanol–water partition coefficient (Wildman–Crippen LogP) is 5.02. The first kappa shape index (κ1) is 18.2. The van der Waals surface area contributed by atoms with Crippen molar-refractivity contribution in [3.05, 3.63) is 58.6 Å². The van der Waals surface area contributed by atoms with Gasteiger partial charge in [-0.3, -0.25) is 0 Å². The lowest BCUT2D eigenvalue weighted by molar-refractivity contribution is 0.0505. The second-order valence-electron chi connectivity index (χ2n) is 5.26. The molecule has 2 aromatic carbocycles. The number of nitrogens with one attached hydrogen (secondary N) is 2. The average molecular weight is 363 g/mol. The summed E-state index contributed by atoms with van der Waals surface area (Å²) in [7, 11) is 0. The minimum atomic E-state index is -0.321. The number of hydrogen-bond acceptors (Lipinski definition) is 3. The van der Waals surface area contributed by atoms with Gasteiger partial charge in [-0.05, 0) is 67.5 Å². The smallest absolute Gasteiger partial charge is 0.338 e. The molecule has 2 N–H and O–H groups in total. The molecule has 0 aliphatic rings. The van der Waals surface area contributed by atoms with Crippen molar-refractivity contribution < 1.29 is 9.53 Å². The molecule has 0 aliphatic heterocycles. The molecule has 0 bridgehead atoms. The Bertz CT molecular complexity index is 732. The summed E-state index contributed by atoms with van der Waals surface area (Å²) in [4.78, 5) is 11.7. The van der Waals surface area contributed by atoms with E-state index in [9.17, 15) is 4.79 Å². The molecule has 0 heterocycles. The van der Waals surface area contributed by atoms with Gasteiger partial charge >= 0.3 is 5.97 Å². The van der Waals surface area contributed by atoms with Gasteiger partial charge in [0.25, 0.3) is 0 Å². The van der Waals surface area contributed by atoms with Crippen LogP contribution in [0.15, 0.2) is 42.5 Å². The number of esters is 1. The number of halogens is 1. The third kappa shape index (κ3) is 5.22. The first-order valence-corrected chi connectivity index (χ1v) is 8.39. The van der Waals surface area contributed by atoms with E-state index >= 15 is 0 Å². The highest BCUT2D eigenvalue weighted by Gasteiger charge is 2.07. The molecule has 2 rings (SSSR count). The SMILES string of the molecule is CCCOC(=O)c1ccc(NC(=S)Nc2ccc(C)c(Cl)c2)cc1. The van der Waals surface area contributed by atoms with E-state index in [1.807, 2.05) is 32.0 Å². The lowest BCUT2D eigenvalue weighted by Gasteiger charge is -2.12. The molecule has 126 valence electrons. The lowest BCUT2D eigenvalue weighted by Crippen LogP contribution is -2.19. The molecule has 24 heavy (non-hydrogen) atoms. The highest BCUT2D eigenvalue weighted by molar-refractivity contribution is 7.80. The van der Waals surface area contributed by atoms with Crippen LogP contribution in [0.5, 0.6) is 0 Å². The highest BCUT2D eigenvalue weighted by Crippen LogP contribution is 2.20. The van der Waals surface area contributed by atoms with Gasteiger partial charge in [0, 0.05) is 16.4 Å². The van der Waals surface area contributed by atoms with Crippen molar-refractivity contribution in [2.45, 2.75) is 20.3 Å². The summed E-state index contributed by atoms with van der Waals surface area (Å²) in [6.07, 6.45) is 0.800. The number of aryl methyl sites for hydroxylation is 1. The second-order valence-corrected chi connectivity index (χ2v) is 6.07. The van der Waals surface area contributed by atoms with Crippen LogP contribution >= 0.6 is 23.8 Å². The van der Waals surface area contributed by atoms with E-state index < -0.39 is 0 Å². The maximum Gasteiger partial charge on any atom is 0.338 e. The monoisotopic (exact) mass is 362 g/mol. The van der Waals surface area contributed by atoms with Gasteiger partial charge in [0.2, 0.25) is 0 Å². The molecular weight excluding hydrogens is 344 g/mol. The Labute approximate surface area is 152 Å². The van der Waals surface area contributed by atoms with Crippen LogP contribution in [-0.2, 0) is 4.74 Å². The first-order chi connectivity index (χ1) is 11.5. The molecule has 4 nitrogen and oxygen atoms in total. The molecule has 6 heteroatoms. The maximum absolute atomic E-state index is 11.7. The number of hydrogen-bond donors (Lipinski definition) is 2. The summed E-state index contributed by atoms with van der Waals surface area (Å²) >= 11 is 11.4. The maximum atomic E-state index is 11.7. The first-order valence-electron chi connectivity index (χ1n) is 7.61. The number of anilines is 2. The Kier molecular flexibility index (Phi) is 6.58. The van der Waals surface area contributed by atoms with Crippen LogP contribution in [0.1, 0.15) is 29.3 Å². The molecule has 0 fully saturated rings. The van der Waals surface area contributed by atoms with Crippen LogP contribution in [0.4, 0.5) is 11.4 Å². The Balaban J connectivity index is 1.94. The van der Waals surface area contributed by atoms with Crippen molar-refractivity contribution in [3.63, 3.8) is 0 Å². The fraction of sp³-hybridized carbons (Fsp3) is 0.222. The summed E-state index contributed by atoms with van der Waals surface area (Å²) in [6, 6.07) is 12.6. The van der Waals surface area contributed by atoms with Crippen LogP contribution in [0, 0.1) is 6.92 Å². The zero-order valence-electron chi connectivity index (χ0n) is 13.6. The van der Waals surface area contributed by atoms with Crippen molar-refractivity contribution in [2.75, 3.05) is 17.2 Å². The van der Waals surface area contributed by atoms with Gasteiger partial charge in [-0.25, -0.2) is 4.79 Å². The normalized spacial score (nSPS) is 10.1. The average Bonchev–Trinajstić information content (AvgIpc) is 2.56. The molecule has 0 saturated heterocycles. The van der Waals surface area contributed by atoms with E-state index in [2.05, 4.69) is 10.6 Å². The third-order valence-electron chi connectivity index (χ3n) is 3.25. The van der Waals surface area contributed by atoms with E-state index in [0.717, 1.165) is 23.4 Å². The quantitative estimate of drug-likeness (QED) is 0.577. The van der Waals surface area contributed by atoms with Crippen molar-refractivity contribution in [1.29, 1.82) is 0 Å². The molecule has 0 radical (unpaired) electrons. The van der Waals surface area contributed by atoms with E-state index in [1.165, 1.54) is 0 Å². The fourth-order valence-electron chi connectivity index (χ4n) is 1.93. The van der Waals surface area contributed by atoms with E-state index in [0.29, 0.717) is 22.3 Å². The number of ether oxygens (including phenoxy) is 1. The number of carbonyl (C=O) groups excluding carboxylic acids is 1. The molecule has 0 unspecified atom stereocenters. The van der Waals surface area contributed by atoms with Gasteiger partial charge in [-0.1, -0.05) is 24.6 Å². The molecule has 0 amide bonds. The lowest BCUT2D eigenvalue weighted by atomic mass is 10.2. The minimum absolute atomic E-state index is 0.321. The number of thiocarbonyl (C=S) groups is 1. The summed E-state index contributed by atoms with van der Waals surface area (Å²) < 4.78 is 5.09. The van der Waals surface area contributed by atoms with Crippen LogP contribution in [0.2, 0.25) is 5.02 Å². The largest absolute Gasteiger partial charge is 0.462 e. The number of benzene rings is 2. The summed E-state index contributed by atoms with van der Waals surface area (Å²) in [5.41, 5.74) is 3.10. The van der Waals surface area contributed by atoms with Gasteiger partial charge in [-0.2, -0.15) is 0 Å². The Morgan fingerprint density at radius 2 is 1.75 bits per heavy atom. The van der Waals surface area contributed by atoms with Crippen molar-refractivity contribution in [1.82, 2.24) is 0 Å². The van der Waals surface area contributed by atoms with Crippen molar-refractivity contribution >= 4 is 46.3 Å². The summed E-state index contributed by atoms with van der Waals surface area (Å²) in [6.45, 7) is 4.32. The zero-order valence-corrected chi connectivity index (χ0v) is 15.1. The predicted molar refractivity (Wildman–Crippen MR) is 103 cm³/mol. The van der Waals surface area contributed by atoms with E-state index in [1.54, 1.807) is 24.3 Å². The number of rotatable bonds is 5. The number of carbonyl (C=O) groups is 1. The Morgan fingerprint density at radius 3 is 2.38 bits per heavy atom. The third-order valence-corrected chi connectivity index (χ3v) is 3.86. The zero-order chi connectivity index (χ0) is 17.5. The van der Waals surface area contributed by atoms with Crippen molar-refractivity contribution in [3.8, 4) is 0 Å². The van der Waals surface area contributed by atoms with Gasteiger partial charge in [0.05, 0.1) is 12.2 Å². The van der Waals surface area contributed by atoms with E-state index in [-0.39, 0.29) is 5.97 Å². The van der Waals surface area contributed by atoms with Gasteiger partial charge in [0.15, 0.2) is 5.11 Å². The highest BCUT2D eigenvalue weighted by atomic mass is 35.5. The Hall–Kier alpha value is -2.11. The molecule has 0 aromatic heterocycles. The van der Waals surface area contributed by atoms with Crippen LogP contribution in [0.3, 0.4) is 0 Å². The van der Waals surface area contributed by atoms with E-state index in [4.69, 9.17) is 28.6 Å². The topological polar surface area (TPSA) is 50.4 Å². The molecule has 0 atom stereocenters. The summed E-state index contributed by atoms with van der Waals surface area (Å²) in [5, 5.41) is 7.25. The van der Waals surface area contributed by atoms with Gasteiger partial charge in [-0.15, -0.1) is 0 Å². The van der Waals surface area contributed by atoms with Crippen LogP contribution in [-0.4, -0.2) is 17.7 Å².